The quantitative estimate of drug-likeness (QED) is 0.805. The van der Waals surface area contributed by atoms with Crippen LogP contribution in [0.2, 0.25) is 0 Å². The van der Waals surface area contributed by atoms with Crippen molar-refractivity contribution in [3.8, 4) is 0 Å². The Morgan fingerprint density at radius 3 is 3.00 bits per heavy atom. The van der Waals surface area contributed by atoms with E-state index in [1.165, 1.54) is 0 Å². The number of fused-ring (bicyclic) bond motifs is 1. The molecule has 3 nitrogen and oxygen atoms in total. The number of imidazole rings is 1. The van der Waals surface area contributed by atoms with Crippen LogP contribution < -0.4 is 5.73 Å². The third-order valence-electron chi connectivity index (χ3n) is 2.60. The molecular weight excluding hydrogens is 186 g/mol. The van der Waals surface area contributed by atoms with Crippen molar-refractivity contribution in [3.63, 3.8) is 0 Å². The summed E-state index contributed by atoms with van der Waals surface area (Å²) in [6.07, 6.45) is 3.97. The summed E-state index contributed by atoms with van der Waals surface area (Å²) in [6.45, 7) is 2.57. The molecule has 78 valence electrons. The summed E-state index contributed by atoms with van der Waals surface area (Å²) >= 11 is 0. The van der Waals surface area contributed by atoms with E-state index in [2.05, 4.69) is 21.7 Å². The van der Waals surface area contributed by atoms with E-state index in [1.54, 1.807) is 0 Å². The molecule has 0 fully saturated rings. The van der Waals surface area contributed by atoms with Gasteiger partial charge < -0.3 is 10.3 Å². The number of nitrogens with zero attached hydrogens (tertiary/aromatic N) is 2. The number of aryl methyl sites for hydroxylation is 2. The van der Waals surface area contributed by atoms with Crippen molar-refractivity contribution in [1.82, 2.24) is 9.55 Å². The van der Waals surface area contributed by atoms with Gasteiger partial charge in [-0.2, -0.15) is 0 Å². The van der Waals surface area contributed by atoms with Crippen LogP contribution in [0, 0.1) is 6.92 Å². The van der Waals surface area contributed by atoms with Gasteiger partial charge in [0.05, 0.1) is 11.0 Å². The maximum Gasteiger partial charge on any atom is 0.106 e. The fraction of sp³-hybridized carbons (Fsp3) is 0.250. The molecule has 1 heterocycles. The Morgan fingerprint density at radius 2 is 2.27 bits per heavy atom. The van der Waals surface area contributed by atoms with Crippen molar-refractivity contribution >= 4 is 17.1 Å². The first-order valence-electron chi connectivity index (χ1n) is 5.02. The first kappa shape index (κ1) is 9.93. The van der Waals surface area contributed by atoms with Gasteiger partial charge in [-0.25, -0.2) is 4.98 Å². The van der Waals surface area contributed by atoms with Crippen molar-refractivity contribution in [2.45, 2.75) is 6.92 Å². The van der Waals surface area contributed by atoms with E-state index in [0.29, 0.717) is 6.54 Å². The molecule has 0 saturated carbocycles. The number of aromatic nitrogens is 2. The van der Waals surface area contributed by atoms with Crippen LogP contribution in [-0.2, 0) is 7.05 Å². The zero-order chi connectivity index (χ0) is 10.8. The molecule has 2 N–H and O–H groups in total. The molecule has 0 bridgehead atoms. The number of hydrogen-bond acceptors (Lipinski definition) is 2. The lowest BCUT2D eigenvalue weighted by Crippen LogP contribution is -1.92. The van der Waals surface area contributed by atoms with Crippen LogP contribution in [0.25, 0.3) is 17.1 Å². The predicted octanol–water partition coefficient (Wildman–Crippen LogP) is 1.85. The number of para-hydroxylation sites is 1. The average Bonchev–Trinajstić information content (AvgIpc) is 2.53. The van der Waals surface area contributed by atoms with Crippen molar-refractivity contribution in [3.05, 3.63) is 35.7 Å². The summed E-state index contributed by atoms with van der Waals surface area (Å²) in [5, 5.41) is 0. The molecule has 0 aliphatic carbocycles. The van der Waals surface area contributed by atoms with Crippen LogP contribution >= 0.6 is 0 Å². The Morgan fingerprint density at radius 1 is 1.47 bits per heavy atom. The Labute approximate surface area is 89.2 Å². The SMILES string of the molecule is Cc1nc2c(/C=C/CN)cccc2n1C. The maximum absolute atomic E-state index is 5.44. The molecule has 2 aromatic rings. The van der Waals surface area contributed by atoms with Gasteiger partial charge in [0.2, 0.25) is 0 Å². The summed E-state index contributed by atoms with van der Waals surface area (Å²) in [6, 6.07) is 6.18. The van der Waals surface area contributed by atoms with Crippen LogP contribution in [0.4, 0.5) is 0 Å². The highest BCUT2D eigenvalue weighted by Crippen LogP contribution is 2.19. The number of rotatable bonds is 2. The van der Waals surface area contributed by atoms with E-state index in [4.69, 9.17) is 5.73 Å². The van der Waals surface area contributed by atoms with E-state index in [-0.39, 0.29) is 0 Å². The van der Waals surface area contributed by atoms with E-state index < -0.39 is 0 Å². The van der Waals surface area contributed by atoms with E-state index in [1.807, 2.05) is 32.2 Å². The number of hydrogen-bond donors (Lipinski definition) is 1. The molecule has 0 amide bonds. The van der Waals surface area contributed by atoms with Gasteiger partial charge in [0, 0.05) is 19.2 Å². The molecule has 0 saturated heterocycles. The minimum atomic E-state index is 0.558. The first-order chi connectivity index (χ1) is 7.24. The first-order valence-corrected chi connectivity index (χ1v) is 5.02. The Bertz CT molecular complexity index is 509. The van der Waals surface area contributed by atoms with Gasteiger partial charge in [-0.3, -0.25) is 0 Å². The van der Waals surface area contributed by atoms with Gasteiger partial charge in [0.25, 0.3) is 0 Å². The zero-order valence-electron chi connectivity index (χ0n) is 9.07. The molecule has 1 aromatic carbocycles. The summed E-state index contributed by atoms with van der Waals surface area (Å²) < 4.78 is 2.09. The molecule has 15 heavy (non-hydrogen) atoms. The minimum absolute atomic E-state index is 0.558. The largest absolute Gasteiger partial charge is 0.331 e. The normalized spacial score (nSPS) is 11.7. The molecule has 0 unspecified atom stereocenters. The topological polar surface area (TPSA) is 43.8 Å². The Balaban J connectivity index is 2.66. The molecule has 0 aliphatic heterocycles. The molecule has 0 atom stereocenters. The smallest absolute Gasteiger partial charge is 0.106 e. The van der Waals surface area contributed by atoms with Crippen LogP contribution in [0.3, 0.4) is 0 Å². The summed E-state index contributed by atoms with van der Waals surface area (Å²) in [4.78, 5) is 4.54. The number of benzene rings is 1. The van der Waals surface area contributed by atoms with Crippen LogP contribution in [0.15, 0.2) is 24.3 Å². The van der Waals surface area contributed by atoms with Crippen molar-refractivity contribution in [1.29, 1.82) is 0 Å². The Kier molecular flexibility index (Phi) is 2.56. The number of nitrogens with two attached hydrogens (primary N) is 1. The summed E-state index contributed by atoms with van der Waals surface area (Å²) in [5.41, 5.74) is 8.77. The van der Waals surface area contributed by atoms with Crippen LogP contribution in [0.1, 0.15) is 11.4 Å². The maximum atomic E-state index is 5.44. The third kappa shape index (κ3) is 1.66. The van der Waals surface area contributed by atoms with Gasteiger partial charge in [0.15, 0.2) is 0 Å². The van der Waals surface area contributed by atoms with Crippen molar-refractivity contribution in [2.24, 2.45) is 12.8 Å². The van der Waals surface area contributed by atoms with E-state index in [9.17, 15) is 0 Å². The highest BCUT2D eigenvalue weighted by Gasteiger charge is 2.05. The van der Waals surface area contributed by atoms with Gasteiger partial charge in [-0.15, -0.1) is 0 Å². The van der Waals surface area contributed by atoms with Crippen molar-refractivity contribution < 1.29 is 0 Å². The molecular formula is C12H15N3. The highest BCUT2D eigenvalue weighted by molar-refractivity contribution is 5.85. The molecule has 0 spiro atoms. The van der Waals surface area contributed by atoms with E-state index >= 15 is 0 Å². The van der Waals surface area contributed by atoms with Crippen LogP contribution in [0.5, 0.6) is 0 Å². The molecule has 0 radical (unpaired) electrons. The van der Waals surface area contributed by atoms with E-state index in [0.717, 1.165) is 22.4 Å². The second kappa shape index (κ2) is 3.87. The van der Waals surface area contributed by atoms with Gasteiger partial charge in [0.1, 0.15) is 5.82 Å². The summed E-state index contributed by atoms with van der Waals surface area (Å²) in [5.74, 6) is 1.03. The zero-order valence-corrected chi connectivity index (χ0v) is 9.07. The Hall–Kier alpha value is -1.61. The molecule has 0 aliphatic rings. The monoisotopic (exact) mass is 201 g/mol. The van der Waals surface area contributed by atoms with Gasteiger partial charge in [-0.05, 0) is 13.0 Å². The predicted molar refractivity (Wildman–Crippen MR) is 63.5 cm³/mol. The fourth-order valence-electron chi connectivity index (χ4n) is 1.68. The van der Waals surface area contributed by atoms with Gasteiger partial charge >= 0.3 is 0 Å². The lowest BCUT2D eigenvalue weighted by Gasteiger charge is -1.97. The minimum Gasteiger partial charge on any atom is -0.331 e. The lowest BCUT2D eigenvalue weighted by molar-refractivity contribution is 0.886. The third-order valence-corrected chi connectivity index (χ3v) is 2.60. The summed E-state index contributed by atoms with van der Waals surface area (Å²) in [7, 11) is 2.03. The molecule has 3 heteroatoms. The standard InChI is InChI=1S/C12H15N3/c1-9-14-12-10(6-4-8-13)5-3-7-11(12)15(9)2/h3-7H,8,13H2,1-2H3/b6-4+. The molecule has 2 rings (SSSR count). The second-order valence-electron chi connectivity index (χ2n) is 3.57. The van der Waals surface area contributed by atoms with Crippen LogP contribution in [-0.4, -0.2) is 16.1 Å². The highest BCUT2D eigenvalue weighted by atomic mass is 15.0. The molecule has 1 aromatic heterocycles. The van der Waals surface area contributed by atoms with Crippen molar-refractivity contribution in [2.75, 3.05) is 6.54 Å². The fourth-order valence-corrected chi connectivity index (χ4v) is 1.68. The van der Waals surface area contributed by atoms with Gasteiger partial charge in [-0.1, -0.05) is 24.3 Å². The lowest BCUT2D eigenvalue weighted by atomic mass is 10.1. The average molecular weight is 201 g/mol. The second-order valence-corrected chi connectivity index (χ2v) is 3.57.